The van der Waals surface area contributed by atoms with E-state index in [1.807, 2.05) is 0 Å². The molecule has 0 saturated carbocycles. The molecule has 0 amide bonds. The number of imidazole rings is 1. The minimum absolute atomic E-state index is 0.223. The molecule has 2 aromatic heterocycles. The van der Waals surface area contributed by atoms with Gasteiger partial charge in [-0.3, -0.25) is 0 Å². The summed E-state index contributed by atoms with van der Waals surface area (Å²) in [7, 11) is -1.64. The van der Waals surface area contributed by atoms with Crippen LogP contribution in [0.15, 0.2) is 34.6 Å². The van der Waals surface area contributed by atoms with Crippen LogP contribution in [0.5, 0.6) is 0 Å². The molecule has 3 rings (SSSR count). The van der Waals surface area contributed by atoms with Crippen LogP contribution in [0.1, 0.15) is 12.8 Å². The van der Waals surface area contributed by atoms with E-state index in [1.165, 1.54) is 12.4 Å². The monoisotopic (exact) mass is 393 g/mol. The first-order chi connectivity index (χ1) is 12.0. The van der Waals surface area contributed by atoms with Gasteiger partial charge in [-0.05, 0) is 24.6 Å². The summed E-state index contributed by atoms with van der Waals surface area (Å²) in [6.45, 7) is 0.503. The molecule has 3 aromatic rings. The molecule has 0 radical (unpaired) electrons. The number of hydrogen-bond donors (Lipinski definition) is 1. The van der Waals surface area contributed by atoms with E-state index < -0.39 is 10.8 Å². The van der Waals surface area contributed by atoms with Crippen LogP contribution in [0.3, 0.4) is 0 Å². The molecular formula is C16H13Cl2N5OS. The number of aromatic nitrogens is 4. The average Bonchev–Trinajstić information content (AvgIpc) is 2.95. The van der Waals surface area contributed by atoms with E-state index in [1.54, 1.807) is 16.7 Å². The number of aryl methyl sites for hydroxylation is 1. The van der Waals surface area contributed by atoms with Gasteiger partial charge in [0.05, 0.1) is 9.92 Å². The van der Waals surface area contributed by atoms with Crippen LogP contribution < -0.4 is 5.73 Å². The minimum Gasteiger partial charge on any atom is -0.382 e. The summed E-state index contributed by atoms with van der Waals surface area (Å²) < 4.78 is 14.8. The summed E-state index contributed by atoms with van der Waals surface area (Å²) in [5, 5.41) is 1.05. The molecular weight excluding hydrogens is 381 g/mol. The van der Waals surface area contributed by atoms with Crippen molar-refractivity contribution < 1.29 is 4.21 Å². The van der Waals surface area contributed by atoms with Crippen molar-refractivity contribution in [2.45, 2.75) is 29.4 Å². The number of unbranched alkanes of at least 4 members (excludes halogenated alkanes) is 1. The second kappa shape index (κ2) is 7.40. The largest absolute Gasteiger partial charge is 0.382 e. The zero-order chi connectivity index (χ0) is 18.0. The van der Waals surface area contributed by atoms with E-state index in [0.717, 1.165) is 0 Å². The van der Waals surface area contributed by atoms with Crippen molar-refractivity contribution in [3.63, 3.8) is 0 Å². The molecule has 1 aromatic carbocycles. The number of nitrogen functional groups attached to an aromatic ring is 1. The fourth-order valence-corrected chi connectivity index (χ4v) is 4.14. The summed E-state index contributed by atoms with van der Waals surface area (Å²) in [6.07, 6.45) is 7.93. The molecule has 2 N–H and O–H groups in total. The molecule has 1 unspecified atom stereocenters. The highest BCUT2D eigenvalue weighted by molar-refractivity contribution is 7.85. The van der Waals surface area contributed by atoms with Crippen LogP contribution >= 0.6 is 23.2 Å². The third-order valence-electron chi connectivity index (χ3n) is 3.49. The Kier molecular flexibility index (Phi) is 5.23. The number of fused-ring (bicyclic) bond motifs is 1. The number of nitrogens with two attached hydrogens (primary N) is 1. The Hall–Kier alpha value is -2.14. The van der Waals surface area contributed by atoms with E-state index in [0.29, 0.717) is 50.6 Å². The molecule has 0 spiro atoms. The average molecular weight is 394 g/mol. The Morgan fingerprint density at radius 3 is 2.84 bits per heavy atom. The fraction of sp³-hybridized carbons (Fsp3) is 0.188. The summed E-state index contributed by atoms with van der Waals surface area (Å²) >= 11 is 12.1. The van der Waals surface area contributed by atoms with Crippen molar-refractivity contribution in [3.8, 4) is 12.3 Å². The lowest BCUT2D eigenvalue weighted by Crippen LogP contribution is -2.07. The van der Waals surface area contributed by atoms with Gasteiger partial charge in [-0.2, -0.15) is 0 Å². The molecule has 9 heteroatoms. The maximum Gasteiger partial charge on any atom is 0.206 e. The van der Waals surface area contributed by atoms with Crippen molar-refractivity contribution in [1.82, 2.24) is 19.5 Å². The van der Waals surface area contributed by atoms with Gasteiger partial charge in [-0.25, -0.2) is 19.2 Å². The van der Waals surface area contributed by atoms with Crippen LogP contribution in [0.25, 0.3) is 11.2 Å². The predicted octanol–water partition coefficient (Wildman–Crippen LogP) is 3.30. The van der Waals surface area contributed by atoms with Gasteiger partial charge in [0.15, 0.2) is 17.0 Å². The van der Waals surface area contributed by atoms with E-state index in [2.05, 4.69) is 20.9 Å². The zero-order valence-electron chi connectivity index (χ0n) is 12.9. The van der Waals surface area contributed by atoms with Gasteiger partial charge in [0.1, 0.15) is 17.1 Å². The Labute approximate surface area is 156 Å². The number of terminal acetylenes is 1. The van der Waals surface area contributed by atoms with Crippen LogP contribution in [-0.4, -0.2) is 23.7 Å². The fourth-order valence-electron chi connectivity index (χ4n) is 2.34. The highest BCUT2D eigenvalue weighted by Crippen LogP contribution is 2.29. The standard InChI is InChI=1S/C16H13Cl2N5OS/c1-2-3-4-7-23-15-13(14(19)20-9-21-15)22-16(23)25(24)12-6-5-10(17)8-11(12)18/h1,5-6,8-9H,3-4,7H2,(H2,19,20,21). The molecule has 0 saturated heterocycles. The Balaban J connectivity index is 2.13. The topological polar surface area (TPSA) is 86.7 Å². The summed E-state index contributed by atoms with van der Waals surface area (Å²) in [5.74, 6) is 2.81. The van der Waals surface area contributed by atoms with Gasteiger partial charge < -0.3 is 10.3 Å². The lowest BCUT2D eigenvalue weighted by molar-refractivity contribution is 0.600. The molecule has 0 fully saturated rings. The van der Waals surface area contributed by atoms with E-state index in [-0.39, 0.29) is 5.82 Å². The maximum absolute atomic E-state index is 13.1. The predicted molar refractivity (Wildman–Crippen MR) is 98.9 cm³/mol. The highest BCUT2D eigenvalue weighted by Gasteiger charge is 2.22. The SMILES string of the molecule is C#CCCCn1c(S(=O)c2ccc(Cl)cc2Cl)nc2c(N)ncnc21. The van der Waals surface area contributed by atoms with Gasteiger partial charge >= 0.3 is 0 Å². The maximum atomic E-state index is 13.1. The lowest BCUT2D eigenvalue weighted by atomic mass is 10.3. The van der Waals surface area contributed by atoms with Crippen molar-refractivity contribution in [1.29, 1.82) is 0 Å². The van der Waals surface area contributed by atoms with Crippen LogP contribution in [0, 0.1) is 12.3 Å². The Morgan fingerprint density at radius 1 is 1.32 bits per heavy atom. The quantitative estimate of drug-likeness (QED) is 0.530. The number of halogens is 2. The van der Waals surface area contributed by atoms with E-state index >= 15 is 0 Å². The highest BCUT2D eigenvalue weighted by atomic mass is 35.5. The van der Waals surface area contributed by atoms with E-state index in [9.17, 15) is 4.21 Å². The first-order valence-corrected chi connectivity index (χ1v) is 9.20. The first-order valence-electron chi connectivity index (χ1n) is 7.30. The zero-order valence-corrected chi connectivity index (χ0v) is 15.3. The van der Waals surface area contributed by atoms with Crippen molar-refractivity contribution in [2.75, 3.05) is 5.73 Å². The minimum atomic E-state index is -1.64. The van der Waals surface area contributed by atoms with Crippen LogP contribution in [0.4, 0.5) is 5.82 Å². The van der Waals surface area contributed by atoms with Crippen LogP contribution in [-0.2, 0) is 17.3 Å². The van der Waals surface area contributed by atoms with Crippen LogP contribution in [0.2, 0.25) is 10.0 Å². The molecule has 0 aliphatic heterocycles. The van der Waals surface area contributed by atoms with Crippen molar-refractivity contribution >= 4 is 51.0 Å². The third-order valence-corrected chi connectivity index (χ3v) is 5.55. The lowest BCUT2D eigenvalue weighted by Gasteiger charge is -2.08. The molecule has 6 nitrogen and oxygen atoms in total. The van der Waals surface area contributed by atoms with Gasteiger partial charge in [-0.1, -0.05) is 23.2 Å². The normalized spacial score (nSPS) is 12.2. The van der Waals surface area contributed by atoms with Gasteiger partial charge in [0.2, 0.25) is 5.16 Å². The van der Waals surface area contributed by atoms with Crippen molar-refractivity contribution in [3.05, 3.63) is 34.6 Å². The summed E-state index contributed by atoms with van der Waals surface area (Å²) in [6, 6.07) is 4.77. The molecule has 25 heavy (non-hydrogen) atoms. The molecule has 128 valence electrons. The number of benzene rings is 1. The van der Waals surface area contributed by atoms with Gasteiger partial charge in [0, 0.05) is 18.0 Å². The number of anilines is 1. The van der Waals surface area contributed by atoms with E-state index in [4.69, 9.17) is 35.4 Å². The molecule has 0 aliphatic carbocycles. The van der Waals surface area contributed by atoms with Crippen molar-refractivity contribution in [2.24, 2.45) is 0 Å². The first kappa shape index (κ1) is 17.7. The Morgan fingerprint density at radius 2 is 2.12 bits per heavy atom. The summed E-state index contributed by atoms with van der Waals surface area (Å²) in [5.41, 5.74) is 6.79. The number of rotatable bonds is 5. The third kappa shape index (κ3) is 3.47. The Bertz CT molecular complexity index is 1010. The molecule has 2 heterocycles. The van der Waals surface area contributed by atoms with Gasteiger partial charge in [0.25, 0.3) is 0 Å². The second-order valence-corrected chi connectivity index (χ2v) is 7.31. The second-order valence-electron chi connectivity index (χ2n) is 5.13. The molecule has 0 aliphatic rings. The smallest absolute Gasteiger partial charge is 0.206 e. The number of nitrogens with zero attached hydrogens (tertiary/aromatic N) is 4. The molecule has 1 atom stereocenters. The summed E-state index contributed by atoms with van der Waals surface area (Å²) in [4.78, 5) is 13.0. The number of hydrogen-bond acceptors (Lipinski definition) is 5. The molecule has 0 bridgehead atoms. The van der Waals surface area contributed by atoms with Gasteiger partial charge in [-0.15, -0.1) is 12.3 Å².